The summed E-state index contributed by atoms with van der Waals surface area (Å²) in [6.07, 6.45) is 0.597. The SMILES string of the molecule is CCOC(=O)C(=O)OOC(C)(C)CCC(C)(C)OOC(=O)C(=O)OCC. The molecule has 0 spiro atoms. The first-order chi connectivity index (χ1) is 11.9. The van der Waals surface area contributed by atoms with Crippen molar-refractivity contribution in [3.63, 3.8) is 0 Å². The number of hydrogen-bond donors (Lipinski definition) is 0. The molecule has 0 aliphatic carbocycles. The van der Waals surface area contributed by atoms with E-state index >= 15 is 0 Å². The summed E-state index contributed by atoms with van der Waals surface area (Å²) in [6.45, 7) is 9.64. The van der Waals surface area contributed by atoms with Gasteiger partial charge in [-0.15, -0.1) is 0 Å². The van der Waals surface area contributed by atoms with Crippen LogP contribution in [0.1, 0.15) is 54.4 Å². The summed E-state index contributed by atoms with van der Waals surface area (Å²) in [6, 6.07) is 0. The fraction of sp³-hybridized carbons (Fsp3) is 0.750. The van der Waals surface area contributed by atoms with Crippen molar-refractivity contribution in [2.24, 2.45) is 0 Å². The molecule has 0 fully saturated rings. The van der Waals surface area contributed by atoms with Crippen molar-refractivity contribution in [1.82, 2.24) is 0 Å². The summed E-state index contributed by atoms with van der Waals surface area (Å²) in [5.41, 5.74) is -1.93. The van der Waals surface area contributed by atoms with E-state index in [-0.39, 0.29) is 13.2 Å². The molecule has 0 bridgehead atoms. The molecule has 0 aromatic carbocycles. The van der Waals surface area contributed by atoms with E-state index in [0.29, 0.717) is 12.8 Å². The number of carbonyl (C=O) groups is 4. The minimum atomic E-state index is -1.26. The average Bonchev–Trinajstić information content (AvgIpc) is 2.56. The molecule has 0 aromatic heterocycles. The third-order valence-corrected chi connectivity index (χ3v) is 2.90. The lowest BCUT2D eigenvalue weighted by Gasteiger charge is -2.28. The second kappa shape index (κ2) is 10.7. The Kier molecular flexibility index (Phi) is 9.81. The molecular formula is C16H26O10. The van der Waals surface area contributed by atoms with Gasteiger partial charge >= 0.3 is 23.9 Å². The van der Waals surface area contributed by atoms with Gasteiger partial charge in [0.1, 0.15) is 11.2 Å². The van der Waals surface area contributed by atoms with Crippen LogP contribution in [0.25, 0.3) is 0 Å². The maximum Gasteiger partial charge on any atom is 0.449 e. The lowest BCUT2D eigenvalue weighted by atomic mass is 9.94. The van der Waals surface area contributed by atoms with E-state index in [1.54, 1.807) is 41.5 Å². The van der Waals surface area contributed by atoms with E-state index in [2.05, 4.69) is 19.2 Å². The predicted octanol–water partition coefficient (Wildman–Crippen LogP) is 1.40. The van der Waals surface area contributed by atoms with Crippen LogP contribution in [0, 0.1) is 0 Å². The topological polar surface area (TPSA) is 124 Å². The normalized spacial score (nSPS) is 11.5. The van der Waals surface area contributed by atoms with Crippen molar-refractivity contribution in [1.29, 1.82) is 0 Å². The van der Waals surface area contributed by atoms with E-state index in [0.717, 1.165) is 0 Å². The van der Waals surface area contributed by atoms with Crippen molar-refractivity contribution >= 4 is 23.9 Å². The quantitative estimate of drug-likeness (QED) is 0.252. The summed E-state index contributed by atoms with van der Waals surface area (Å²) in [7, 11) is 0. The van der Waals surface area contributed by atoms with Crippen LogP contribution in [-0.2, 0) is 48.2 Å². The van der Waals surface area contributed by atoms with Crippen molar-refractivity contribution in [3.8, 4) is 0 Å². The zero-order valence-corrected chi connectivity index (χ0v) is 15.9. The van der Waals surface area contributed by atoms with Gasteiger partial charge < -0.3 is 9.47 Å². The minimum absolute atomic E-state index is 0.0351. The van der Waals surface area contributed by atoms with Crippen molar-refractivity contribution < 1.29 is 48.2 Å². The van der Waals surface area contributed by atoms with Crippen LogP contribution in [0.5, 0.6) is 0 Å². The number of hydrogen-bond acceptors (Lipinski definition) is 10. The summed E-state index contributed by atoms with van der Waals surface area (Å²) in [4.78, 5) is 63.8. The van der Waals surface area contributed by atoms with E-state index in [1.807, 2.05) is 0 Å². The molecule has 150 valence electrons. The molecule has 0 saturated carbocycles. The Morgan fingerprint density at radius 2 is 0.923 bits per heavy atom. The van der Waals surface area contributed by atoms with Crippen LogP contribution < -0.4 is 0 Å². The molecule has 0 radical (unpaired) electrons. The van der Waals surface area contributed by atoms with E-state index in [1.165, 1.54) is 0 Å². The molecule has 10 nitrogen and oxygen atoms in total. The van der Waals surface area contributed by atoms with Gasteiger partial charge in [-0.05, 0) is 54.4 Å². The zero-order chi connectivity index (χ0) is 20.4. The van der Waals surface area contributed by atoms with Gasteiger partial charge in [0, 0.05) is 0 Å². The average molecular weight is 378 g/mol. The monoisotopic (exact) mass is 378 g/mol. The van der Waals surface area contributed by atoms with Crippen molar-refractivity contribution in [2.45, 2.75) is 65.6 Å². The van der Waals surface area contributed by atoms with E-state index in [4.69, 9.17) is 9.78 Å². The molecule has 10 heteroatoms. The number of ether oxygens (including phenoxy) is 2. The summed E-state index contributed by atoms with van der Waals surface area (Å²) >= 11 is 0. The van der Waals surface area contributed by atoms with E-state index in [9.17, 15) is 19.2 Å². The lowest BCUT2D eigenvalue weighted by Crippen LogP contribution is -2.34. The Labute approximate surface area is 151 Å². The highest BCUT2D eigenvalue weighted by atomic mass is 17.2. The van der Waals surface area contributed by atoms with Gasteiger partial charge in [0.2, 0.25) is 0 Å². The Balaban J connectivity index is 4.37. The molecule has 26 heavy (non-hydrogen) atoms. The van der Waals surface area contributed by atoms with Gasteiger partial charge in [-0.1, -0.05) is 0 Å². The van der Waals surface area contributed by atoms with Crippen molar-refractivity contribution in [2.75, 3.05) is 13.2 Å². The molecule has 0 atom stereocenters. The third kappa shape index (κ3) is 9.94. The lowest BCUT2D eigenvalue weighted by molar-refractivity contribution is -0.339. The highest BCUT2D eigenvalue weighted by Crippen LogP contribution is 2.25. The van der Waals surface area contributed by atoms with Gasteiger partial charge in [-0.3, -0.25) is 9.78 Å². The molecule has 0 aromatic rings. The van der Waals surface area contributed by atoms with Gasteiger partial charge in [-0.2, -0.15) is 9.78 Å². The fourth-order valence-electron chi connectivity index (χ4n) is 1.43. The zero-order valence-electron chi connectivity index (χ0n) is 15.9. The van der Waals surface area contributed by atoms with Crippen molar-refractivity contribution in [3.05, 3.63) is 0 Å². The minimum Gasteiger partial charge on any atom is -0.457 e. The van der Waals surface area contributed by atoms with Crippen LogP contribution in [0.4, 0.5) is 0 Å². The molecular weight excluding hydrogens is 352 g/mol. The molecule has 0 amide bonds. The van der Waals surface area contributed by atoms with Crippen LogP contribution in [0.15, 0.2) is 0 Å². The number of carbonyl (C=O) groups excluding carboxylic acids is 4. The Morgan fingerprint density at radius 3 is 1.19 bits per heavy atom. The molecule has 0 aliphatic heterocycles. The van der Waals surface area contributed by atoms with Gasteiger partial charge in [0.25, 0.3) is 0 Å². The fourth-order valence-corrected chi connectivity index (χ4v) is 1.43. The van der Waals surface area contributed by atoms with Gasteiger partial charge in [0.05, 0.1) is 13.2 Å². The molecule has 0 aliphatic rings. The third-order valence-electron chi connectivity index (χ3n) is 2.90. The summed E-state index contributed by atoms with van der Waals surface area (Å²) < 4.78 is 8.95. The summed E-state index contributed by atoms with van der Waals surface area (Å²) in [5.74, 6) is -4.84. The molecule has 0 rings (SSSR count). The first-order valence-electron chi connectivity index (χ1n) is 8.07. The highest BCUT2D eigenvalue weighted by molar-refractivity contribution is 6.29. The molecule has 0 heterocycles. The molecule has 0 saturated heterocycles. The largest absolute Gasteiger partial charge is 0.457 e. The predicted molar refractivity (Wildman–Crippen MR) is 85.0 cm³/mol. The molecule has 0 unspecified atom stereocenters. The van der Waals surface area contributed by atoms with Crippen LogP contribution in [-0.4, -0.2) is 48.3 Å². The van der Waals surface area contributed by atoms with Crippen LogP contribution in [0.2, 0.25) is 0 Å². The van der Waals surface area contributed by atoms with E-state index < -0.39 is 35.1 Å². The maximum absolute atomic E-state index is 11.3. The van der Waals surface area contributed by atoms with Crippen LogP contribution in [0.3, 0.4) is 0 Å². The second-order valence-electron chi connectivity index (χ2n) is 6.37. The number of rotatable bonds is 9. The Bertz CT molecular complexity index is 463. The van der Waals surface area contributed by atoms with Crippen LogP contribution >= 0.6 is 0 Å². The second-order valence-corrected chi connectivity index (χ2v) is 6.37. The Hall–Kier alpha value is -2.20. The highest BCUT2D eigenvalue weighted by Gasteiger charge is 2.31. The van der Waals surface area contributed by atoms with Gasteiger partial charge in [-0.25, -0.2) is 19.2 Å². The summed E-state index contributed by atoms with van der Waals surface area (Å²) in [5, 5.41) is 0. The first-order valence-corrected chi connectivity index (χ1v) is 8.07. The maximum atomic E-state index is 11.3. The number of esters is 2. The first kappa shape index (κ1) is 23.8. The standard InChI is InChI=1S/C16H26O10/c1-7-21-11(17)13(19)23-25-15(3,4)9-10-16(5,6)26-24-14(20)12(18)22-8-2/h7-10H2,1-6H3. The van der Waals surface area contributed by atoms with Gasteiger partial charge in [0.15, 0.2) is 0 Å². The smallest absolute Gasteiger partial charge is 0.449 e. The molecule has 0 N–H and O–H groups in total. The Morgan fingerprint density at radius 1 is 0.615 bits per heavy atom.